The first-order valence-corrected chi connectivity index (χ1v) is 7.53. The molecule has 1 spiro atoms. The fourth-order valence-corrected chi connectivity index (χ4v) is 4.52. The molecule has 0 aromatic rings. The molecule has 0 saturated carbocycles. The Hall–Kier alpha value is 0.420. The Morgan fingerprint density at radius 1 is 1.20 bits per heavy atom. The Kier molecular flexibility index (Phi) is 4.26. The standard InChI is InChI=1S/C9H15BrNO2S.ClH/c10-9-2-1-3-11(8-9)4-6-14(12,13)7-5-11;/h2H,1,3-8H2;1H/q+1;/p-1. The molecule has 15 heavy (non-hydrogen) atoms. The van der Waals surface area contributed by atoms with E-state index in [0.29, 0.717) is 11.5 Å². The molecule has 2 aliphatic rings. The van der Waals surface area contributed by atoms with Crippen molar-refractivity contribution >= 4 is 25.8 Å². The van der Waals surface area contributed by atoms with Gasteiger partial charge in [-0.1, -0.05) is 6.08 Å². The van der Waals surface area contributed by atoms with E-state index in [2.05, 4.69) is 22.0 Å². The highest BCUT2D eigenvalue weighted by molar-refractivity contribution is 9.11. The largest absolute Gasteiger partial charge is 1.00 e. The highest BCUT2D eigenvalue weighted by Crippen LogP contribution is 2.25. The molecular weight excluding hydrogens is 302 g/mol. The summed E-state index contributed by atoms with van der Waals surface area (Å²) in [6.07, 6.45) is 3.27. The van der Waals surface area contributed by atoms with E-state index >= 15 is 0 Å². The van der Waals surface area contributed by atoms with Crippen molar-refractivity contribution in [3.63, 3.8) is 0 Å². The molecule has 0 N–H and O–H groups in total. The van der Waals surface area contributed by atoms with Gasteiger partial charge in [-0.05, 0) is 15.9 Å². The molecular formula is C9H15BrClNO2S. The van der Waals surface area contributed by atoms with E-state index in [1.54, 1.807) is 0 Å². The lowest BCUT2D eigenvalue weighted by Gasteiger charge is -2.42. The maximum Gasteiger partial charge on any atom is 0.161 e. The summed E-state index contributed by atoms with van der Waals surface area (Å²) in [5.41, 5.74) is 0. The molecule has 0 aliphatic carbocycles. The van der Waals surface area contributed by atoms with Gasteiger partial charge in [0.2, 0.25) is 0 Å². The van der Waals surface area contributed by atoms with E-state index in [-0.39, 0.29) is 12.4 Å². The predicted octanol–water partition coefficient (Wildman–Crippen LogP) is -2.08. The summed E-state index contributed by atoms with van der Waals surface area (Å²) in [5.74, 6) is 0.737. The zero-order chi connectivity index (χ0) is 10.2. The molecule has 1 saturated heterocycles. The monoisotopic (exact) mass is 315 g/mol. The zero-order valence-electron chi connectivity index (χ0n) is 8.45. The second-order valence-electron chi connectivity index (χ2n) is 4.26. The van der Waals surface area contributed by atoms with E-state index in [4.69, 9.17) is 0 Å². The van der Waals surface area contributed by atoms with Crippen molar-refractivity contribution in [1.82, 2.24) is 0 Å². The minimum atomic E-state index is -2.73. The van der Waals surface area contributed by atoms with E-state index in [1.807, 2.05) is 0 Å². The van der Waals surface area contributed by atoms with Gasteiger partial charge in [0.25, 0.3) is 0 Å². The Labute approximate surface area is 106 Å². The Bertz CT molecular complexity index is 352. The van der Waals surface area contributed by atoms with Crippen LogP contribution in [0.2, 0.25) is 0 Å². The molecule has 0 aromatic carbocycles. The molecule has 1 fully saturated rings. The summed E-state index contributed by atoms with van der Waals surface area (Å²) in [7, 11) is -2.73. The average Bonchev–Trinajstić information content (AvgIpc) is 2.12. The van der Waals surface area contributed by atoms with Crippen molar-refractivity contribution in [1.29, 1.82) is 0 Å². The van der Waals surface area contributed by atoms with E-state index in [9.17, 15) is 8.42 Å². The summed E-state index contributed by atoms with van der Waals surface area (Å²) in [6.45, 7) is 3.68. The molecule has 0 atom stereocenters. The molecule has 2 aliphatic heterocycles. The van der Waals surface area contributed by atoms with Crippen LogP contribution in [0.25, 0.3) is 0 Å². The molecule has 0 unspecified atom stereocenters. The van der Waals surface area contributed by atoms with Gasteiger partial charge in [0.1, 0.15) is 6.54 Å². The number of hydrogen-bond donors (Lipinski definition) is 0. The van der Waals surface area contributed by atoms with Gasteiger partial charge in [0.15, 0.2) is 9.84 Å². The summed E-state index contributed by atoms with van der Waals surface area (Å²) < 4.78 is 24.9. The van der Waals surface area contributed by atoms with Crippen LogP contribution in [0, 0.1) is 0 Å². The van der Waals surface area contributed by atoms with Crippen molar-refractivity contribution in [2.45, 2.75) is 6.42 Å². The summed E-state index contributed by atoms with van der Waals surface area (Å²) in [4.78, 5) is 0. The number of halogens is 2. The van der Waals surface area contributed by atoms with Crippen LogP contribution in [0.5, 0.6) is 0 Å². The number of sulfone groups is 1. The van der Waals surface area contributed by atoms with Gasteiger partial charge in [0.05, 0.1) is 31.1 Å². The Morgan fingerprint density at radius 3 is 2.33 bits per heavy atom. The first-order valence-electron chi connectivity index (χ1n) is 4.92. The summed E-state index contributed by atoms with van der Waals surface area (Å²) >= 11 is 3.52. The predicted molar refractivity (Wildman–Crippen MR) is 60.0 cm³/mol. The van der Waals surface area contributed by atoms with Crippen molar-refractivity contribution in [3.8, 4) is 0 Å². The third-order valence-electron chi connectivity index (χ3n) is 3.21. The molecule has 6 heteroatoms. The lowest BCUT2D eigenvalue weighted by molar-refractivity contribution is -0.921. The molecule has 88 valence electrons. The van der Waals surface area contributed by atoms with Crippen LogP contribution in [0.1, 0.15) is 6.42 Å². The van der Waals surface area contributed by atoms with Gasteiger partial charge >= 0.3 is 0 Å². The highest BCUT2D eigenvalue weighted by atomic mass is 79.9. The molecule has 0 amide bonds. The van der Waals surface area contributed by atoms with E-state index in [0.717, 1.165) is 37.1 Å². The maximum atomic E-state index is 11.3. The van der Waals surface area contributed by atoms with Crippen LogP contribution < -0.4 is 12.4 Å². The minimum absolute atomic E-state index is 0. The number of hydrogen-bond acceptors (Lipinski definition) is 2. The third-order valence-corrected chi connectivity index (χ3v) is 5.39. The zero-order valence-corrected chi connectivity index (χ0v) is 11.6. The second-order valence-corrected chi connectivity index (χ2v) is 7.58. The van der Waals surface area contributed by atoms with Crippen LogP contribution in [0.15, 0.2) is 10.6 Å². The fraction of sp³-hybridized carbons (Fsp3) is 0.778. The van der Waals surface area contributed by atoms with E-state index < -0.39 is 9.84 Å². The van der Waals surface area contributed by atoms with Crippen molar-refractivity contribution in [2.75, 3.05) is 37.7 Å². The Morgan fingerprint density at radius 2 is 1.80 bits per heavy atom. The van der Waals surface area contributed by atoms with Gasteiger partial charge in [-0.15, -0.1) is 0 Å². The summed E-state index contributed by atoms with van der Waals surface area (Å²) in [5, 5.41) is 0. The third kappa shape index (κ3) is 3.19. The molecule has 0 radical (unpaired) electrons. The highest BCUT2D eigenvalue weighted by Gasteiger charge is 2.37. The maximum absolute atomic E-state index is 11.3. The fourth-order valence-electron chi connectivity index (χ4n) is 2.22. The molecule has 0 aromatic heterocycles. The van der Waals surface area contributed by atoms with Crippen molar-refractivity contribution < 1.29 is 25.3 Å². The topological polar surface area (TPSA) is 34.1 Å². The van der Waals surface area contributed by atoms with Crippen molar-refractivity contribution in [2.24, 2.45) is 0 Å². The summed E-state index contributed by atoms with van der Waals surface area (Å²) in [6, 6.07) is 0. The van der Waals surface area contributed by atoms with Gasteiger partial charge in [-0.3, -0.25) is 0 Å². The van der Waals surface area contributed by atoms with Gasteiger partial charge in [-0.2, -0.15) is 0 Å². The van der Waals surface area contributed by atoms with Crippen LogP contribution >= 0.6 is 15.9 Å². The number of nitrogens with zero attached hydrogens (tertiary/aromatic N) is 1. The normalized spacial score (nSPS) is 27.9. The van der Waals surface area contributed by atoms with Gasteiger partial charge in [-0.25, -0.2) is 8.42 Å². The second kappa shape index (κ2) is 4.73. The number of quaternary nitrogens is 1. The average molecular weight is 317 g/mol. The van der Waals surface area contributed by atoms with E-state index in [1.165, 1.54) is 4.48 Å². The Balaban J connectivity index is 0.00000112. The van der Waals surface area contributed by atoms with Gasteiger partial charge in [0, 0.05) is 10.9 Å². The SMILES string of the molecule is O=S1(=O)CC[N+]2(CCC=C(Br)C2)CC1.[Cl-]. The first kappa shape index (κ1) is 13.5. The molecule has 2 heterocycles. The molecule has 0 bridgehead atoms. The quantitative estimate of drug-likeness (QED) is 0.481. The minimum Gasteiger partial charge on any atom is -1.00 e. The first-order chi connectivity index (χ1) is 6.52. The smallest absolute Gasteiger partial charge is 0.161 e. The number of rotatable bonds is 0. The molecule has 2 rings (SSSR count). The van der Waals surface area contributed by atoms with Crippen LogP contribution in [-0.4, -0.2) is 50.6 Å². The lowest BCUT2D eigenvalue weighted by Crippen LogP contribution is -3.00. The van der Waals surface area contributed by atoms with Gasteiger partial charge < -0.3 is 16.9 Å². The molecule has 3 nitrogen and oxygen atoms in total. The lowest BCUT2D eigenvalue weighted by atomic mass is 10.2. The van der Waals surface area contributed by atoms with Crippen LogP contribution in [0.4, 0.5) is 0 Å². The van der Waals surface area contributed by atoms with Crippen molar-refractivity contribution in [3.05, 3.63) is 10.6 Å². The van der Waals surface area contributed by atoms with Crippen LogP contribution in [-0.2, 0) is 9.84 Å². The van der Waals surface area contributed by atoms with Crippen LogP contribution in [0.3, 0.4) is 0 Å².